The van der Waals surface area contributed by atoms with E-state index in [1.54, 1.807) is 0 Å². The minimum absolute atomic E-state index is 0.127. The van der Waals surface area contributed by atoms with Crippen LogP contribution < -0.4 is 5.32 Å². The number of hydrogen-bond acceptors (Lipinski definition) is 3. The first-order valence-electron chi connectivity index (χ1n) is 8.67. The maximum atomic E-state index is 12.4. The van der Waals surface area contributed by atoms with Gasteiger partial charge < -0.3 is 5.32 Å². The van der Waals surface area contributed by atoms with Crippen LogP contribution >= 0.6 is 0 Å². The van der Waals surface area contributed by atoms with Crippen LogP contribution in [0.5, 0.6) is 0 Å². The van der Waals surface area contributed by atoms with Gasteiger partial charge in [-0.15, -0.1) is 0 Å². The number of piperidine rings is 1. The predicted octanol–water partition coefficient (Wildman–Crippen LogP) is 2.57. The molecule has 1 aliphatic carbocycles. The van der Waals surface area contributed by atoms with Gasteiger partial charge in [-0.25, -0.2) is 0 Å². The van der Waals surface area contributed by atoms with Gasteiger partial charge >= 0.3 is 0 Å². The first-order chi connectivity index (χ1) is 11.5. The summed E-state index contributed by atoms with van der Waals surface area (Å²) in [5.74, 6) is -0.693. The van der Waals surface area contributed by atoms with Crippen molar-refractivity contribution in [3.63, 3.8) is 0 Å². The quantitative estimate of drug-likeness (QED) is 0.864. The van der Waals surface area contributed by atoms with Crippen LogP contribution in [0.15, 0.2) is 30.3 Å². The Bertz CT molecular complexity index is 615. The molecule has 5 nitrogen and oxygen atoms in total. The van der Waals surface area contributed by atoms with E-state index >= 15 is 0 Å². The monoisotopic (exact) mass is 328 g/mol. The SMILES string of the molecule is CC(NC(=O)CN1C(=O)CC2(CCCC2)CC1=O)c1ccccc1. The molecule has 1 saturated heterocycles. The van der Waals surface area contributed by atoms with Crippen LogP contribution in [0.3, 0.4) is 0 Å². The van der Waals surface area contributed by atoms with Gasteiger partial charge in [-0.2, -0.15) is 0 Å². The van der Waals surface area contributed by atoms with Gasteiger partial charge in [0.2, 0.25) is 17.7 Å². The first kappa shape index (κ1) is 16.7. The Morgan fingerprint density at radius 1 is 1.12 bits per heavy atom. The Kier molecular flexibility index (Phi) is 4.69. The molecule has 1 aromatic carbocycles. The van der Waals surface area contributed by atoms with Crippen molar-refractivity contribution in [1.29, 1.82) is 0 Å². The zero-order valence-corrected chi connectivity index (χ0v) is 14.1. The summed E-state index contributed by atoms with van der Waals surface area (Å²) in [7, 11) is 0. The highest BCUT2D eigenvalue weighted by Crippen LogP contribution is 2.46. The molecule has 0 radical (unpaired) electrons. The second kappa shape index (κ2) is 6.75. The third-order valence-corrected chi connectivity index (χ3v) is 5.30. The standard InChI is InChI=1S/C19H24N2O3/c1-14(15-7-3-2-4-8-15)20-16(22)13-21-17(23)11-19(12-18(21)24)9-5-6-10-19/h2-4,7-8,14H,5-6,9-13H2,1H3,(H,20,22). The Balaban J connectivity index is 1.58. The van der Waals surface area contributed by atoms with Gasteiger partial charge in [-0.05, 0) is 30.7 Å². The maximum Gasteiger partial charge on any atom is 0.240 e. The second-order valence-corrected chi connectivity index (χ2v) is 7.13. The van der Waals surface area contributed by atoms with Crippen molar-refractivity contribution in [2.75, 3.05) is 6.54 Å². The van der Waals surface area contributed by atoms with Gasteiger partial charge in [0.1, 0.15) is 6.54 Å². The molecule has 1 N–H and O–H groups in total. The Morgan fingerprint density at radius 2 is 1.71 bits per heavy atom. The highest BCUT2D eigenvalue weighted by molar-refractivity contribution is 6.01. The number of hydrogen-bond donors (Lipinski definition) is 1. The van der Waals surface area contributed by atoms with Gasteiger partial charge in [0.25, 0.3) is 0 Å². The van der Waals surface area contributed by atoms with Crippen molar-refractivity contribution >= 4 is 17.7 Å². The zero-order valence-electron chi connectivity index (χ0n) is 14.1. The van der Waals surface area contributed by atoms with E-state index in [0.717, 1.165) is 36.1 Å². The molecule has 5 heteroatoms. The Labute approximate surface area is 142 Å². The normalized spacial score (nSPS) is 21.1. The number of amides is 3. The molecular formula is C19H24N2O3. The van der Waals surface area contributed by atoms with Crippen LogP contribution in [0.1, 0.15) is 57.1 Å². The fraction of sp³-hybridized carbons (Fsp3) is 0.526. The Hall–Kier alpha value is -2.17. The fourth-order valence-corrected chi connectivity index (χ4v) is 3.94. The van der Waals surface area contributed by atoms with Gasteiger partial charge in [0.05, 0.1) is 6.04 Å². The molecule has 24 heavy (non-hydrogen) atoms. The molecular weight excluding hydrogens is 304 g/mol. The average molecular weight is 328 g/mol. The van der Waals surface area contributed by atoms with Crippen LogP contribution in [0.4, 0.5) is 0 Å². The minimum Gasteiger partial charge on any atom is -0.348 e. The molecule has 0 bridgehead atoms. The molecule has 2 aliphatic rings. The maximum absolute atomic E-state index is 12.4. The van der Waals surface area contributed by atoms with Crippen molar-refractivity contribution in [2.45, 2.75) is 51.5 Å². The highest BCUT2D eigenvalue weighted by atomic mass is 16.2. The van der Waals surface area contributed by atoms with Gasteiger partial charge in [-0.3, -0.25) is 19.3 Å². The fourth-order valence-electron chi connectivity index (χ4n) is 3.94. The van der Waals surface area contributed by atoms with Crippen LogP contribution in [-0.4, -0.2) is 29.2 Å². The van der Waals surface area contributed by atoms with E-state index in [1.807, 2.05) is 37.3 Å². The molecule has 1 atom stereocenters. The smallest absolute Gasteiger partial charge is 0.240 e. The van der Waals surface area contributed by atoms with Crippen LogP contribution in [-0.2, 0) is 14.4 Å². The molecule has 1 unspecified atom stereocenters. The summed E-state index contributed by atoms with van der Waals surface area (Å²) in [5, 5.41) is 2.86. The molecule has 1 saturated carbocycles. The van der Waals surface area contributed by atoms with E-state index in [-0.39, 0.29) is 35.7 Å². The molecule has 3 rings (SSSR count). The summed E-state index contributed by atoms with van der Waals surface area (Å²) in [6, 6.07) is 9.46. The number of carbonyl (C=O) groups excluding carboxylic acids is 3. The van der Waals surface area contributed by atoms with Gasteiger partial charge in [0, 0.05) is 12.8 Å². The Morgan fingerprint density at radius 3 is 2.29 bits per heavy atom. The number of imide groups is 1. The van der Waals surface area contributed by atoms with Crippen molar-refractivity contribution in [2.24, 2.45) is 5.41 Å². The highest BCUT2D eigenvalue weighted by Gasteiger charge is 2.45. The summed E-state index contributed by atoms with van der Waals surface area (Å²) >= 11 is 0. The number of nitrogens with zero attached hydrogens (tertiary/aromatic N) is 1. The summed E-state index contributed by atoms with van der Waals surface area (Å²) in [4.78, 5) is 38.1. The second-order valence-electron chi connectivity index (χ2n) is 7.13. The van der Waals surface area contributed by atoms with Crippen molar-refractivity contribution in [3.8, 4) is 0 Å². The van der Waals surface area contributed by atoms with Crippen molar-refractivity contribution in [1.82, 2.24) is 10.2 Å². The van der Waals surface area contributed by atoms with Crippen molar-refractivity contribution in [3.05, 3.63) is 35.9 Å². The average Bonchev–Trinajstić information content (AvgIpc) is 2.99. The van der Waals surface area contributed by atoms with E-state index < -0.39 is 0 Å². The lowest BCUT2D eigenvalue weighted by molar-refractivity contribution is -0.155. The lowest BCUT2D eigenvalue weighted by Crippen LogP contribution is -2.51. The van der Waals surface area contributed by atoms with E-state index in [9.17, 15) is 14.4 Å². The van der Waals surface area contributed by atoms with Crippen LogP contribution in [0, 0.1) is 5.41 Å². The van der Waals surface area contributed by atoms with Crippen LogP contribution in [0.25, 0.3) is 0 Å². The molecule has 128 valence electrons. The lowest BCUT2D eigenvalue weighted by Gasteiger charge is -2.37. The lowest BCUT2D eigenvalue weighted by atomic mass is 9.76. The number of benzene rings is 1. The van der Waals surface area contributed by atoms with Gasteiger partial charge in [0.15, 0.2) is 0 Å². The van der Waals surface area contributed by atoms with Crippen molar-refractivity contribution < 1.29 is 14.4 Å². The third kappa shape index (κ3) is 3.50. The molecule has 1 aliphatic heterocycles. The molecule has 3 amide bonds. The number of nitrogens with one attached hydrogen (secondary N) is 1. The number of rotatable bonds is 4. The molecule has 0 aromatic heterocycles. The largest absolute Gasteiger partial charge is 0.348 e. The predicted molar refractivity (Wildman–Crippen MR) is 89.9 cm³/mol. The van der Waals surface area contributed by atoms with E-state index in [4.69, 9.17) is 0 Å². The van der Waals surface area contributed by atoms with E-state index in [2.05, 4.69) is 5.32 Å². The van der Waals surface area contributed by atoms with E-state index in [1.165, 1.54) is 0 Å². The zero-order chi connectivity index (χ0) is 17.2. The molecule has 1 aromatic rings. The van der Waals surface area contributed by atoms with Gasteiger partial charge in [-0.1, -0.05) is 43.2 Å². The number of likely N-dealkylation sites (tertiary alicyclic amines) is 1. The summed E-state index contributed by atoms with van der Waals surface area (Å²) < 4.78 is 0. The summed E-state index contributed by atoms with van der Waals surface area (Å²) in [6.07, 6.45) is 4.90. The first-order valence-corrected chi connectivity index (χ1v) is 8.67. The van der Waals surface area contributed by atoms with Crippen LogP contribution in [0.2, 0.25) is 0 Å². The molecule has 1 spiro atoms. The molecule has 2 fully saturated rings. The van der Waals surface area contributed by atoms with E-state index in [0.29, 0.717) is 12.8 Å². The number of carbonyl (C=O) groups is 3. The minimum atomic E-state index is -0.296. The third-order valence-electron chi connectivity index (χ3n) is 5.30. The molecule has 1 heterocycles. The topological polar surface area (TPSA) is 66.5 Å². The summed E-state index contributed by atoms with van der Waals surface area (Å²) in [5.41, 5.74) is 0.866. The summed E-state index contributed by atoms with van der Waals surface area (Å²) in [6.45, 7) is 1.71.